The number of allylic oxidation sites excluding steroid dienone is 10. The quantitative estimate of drug-likeness (QED) is 0.0261. The highest BCUT2D eigenvalue weighted by atomic mass is 16.6. The summed E-state index contributed by atoms with van der Waals surface area (Å²) in [6, 6.07) is 0. The van der Waals surface area contributed by atoms with E-state index in [4.69, 9.17) is 14.2 Å². The molecule has 6 heteroatoms. The second-order valence-corrected chi connectivity index (χ2v) is 21.3. The maximum Gasteiger partial charge on any atom is 0.306 e. The Morgan fingerprint density at radius 3 is 0.781 bits per heavy atom. The number of hydrogen-bond donors (Lipinski definition) is 0. The Morgan fingerprint density at radius 1 is 0.274 bits per heavy atom. The number of unbranched alkanes of at least 4 members (excludes halogenated alkanes) is 37. The molecule has 6 nitrogen and oxygen atoms in total. The molecule has 0 aliphatic rings. The topological polar surface area (TPSA) is 78.9 Å². The molecule has 0 aromatic heterocycles. The molecule has 1 atom stereocenters. The Labute approximate surface area is 453 Å². The van der Waals surface area contributed by atoms with E-state index in [0.29, 0.717) is 19.3 Å². The number of rotatable bonds is 58. The highest BCUT2D eigenvalue weighted by molar-refractivity contribution is 5.71. The monoisotopic (exact) mass is 1020 g/mol. The molecule has 0 N–H and O–H groups in total. The molecule has 0 aliphatic carbocycles. The van der Waals surface area contributed by atoms with Crippen LogP contribution in [0.25, 0.3) is 0 Å². The van der Waals surface area contributed by atoms with Crippen molar-refractivity contribution in [2.24, 2.45) is 0 Å². The van der Waals surface area contributed by atoms with Gasteiger partial charge in [-0.15, -0.1) is 0 Å². The van der Waals surface area contributed by atoms with Gasteiger partial charge in [0.1, 0.15) is 13.2 Å². The van der Waals surface area contributed by atoms with E-state index in [1.165, 1.54) is 193 Å². The van der Waals surface area contributed by atoms with Crippen LogP contribution in [0, 0.1) is 0 Å². The third kappa shape index (κ3) is 59.9. The normalized spacial score (nSPS) is 12.4. The van der Waals surface area contributed by atoms with Gasteiger partial charge in [-0.25, -0.2) is 0 Å². The van der Waals surface area contributed by atoms with Crippen molar-refractivity contribution in [1.82, 2.24) is 0 Å². The molecule has 0 bridgehead atoms. The first kappa shape index (κ1) is 70.1. The zero-order valence-corrected chi connectivity index (χ0v) is 48.7. The second-order valence-electron chi connectivity index (χ2n) is 21.3. The van der Waals surface area contributed by atoms with Crippen molar-refractivity contribution in [2.75, 3.05) is 13.2 Å². The minimum atomic E-state index is -0.778. The third-order valence-electron chi connectivity index (χ3n) is 14.0. The molecule has 1 unspecified atom stereocenters. The molecular formula is C67H120O6. The van der Waals surface area contributed by atoms with Gasteiger partial charge in [-0.1, -0.05) is 281 Å². The maximum absolute atomic E-state index is 12.8. The molecule has 0 fully saturated rings. The highest BCUT2D eigenvalue weighted by Gasteiger charge is 2.19. The van der Waals surface area contributed by atoms with Crippen LogP contribution in [0.15, 0.2) is 60.8 Å². The zero-order chi connectivity index (χ0) is 52.9. The van der Waals surface area contributed by atoms with Crippen molar-refractivity contribution in [2.45, 2.75) is 335 Å². The molecule has 0 rings (SSSR count). The lowest BCUT2D eigenvalue weighted by molar-refractivity contribution is -0.167. The van der Waals surface area contributed by atoms with E-state index in [-0.39, 0.29) is 31.1 Å². The summed E-state index contributed by atoms with van der Waals surface area (Å²) < 4.78 is 16.8. The summed E-state index contributed by atoms with van der Waals surface area (Å²) >= 11 is 0. The SMILES string of the molecule is CCCCCC/C=C\C/C=C\CCCCCCCC(=O)OC(COC(=O)CCCCCCCCCC)COC(=O)CCCCCCCCCCCCCCCCCC/C=C\C/C=C\C/C=C\CCCCCCC. The average Bonchev–Trinajstić information content (AvgIpc) is 3.39. The summed E-state index contributed by atoms with van der Waals surface area (Å²) in [6.07, 6.45) is 78.2. The van der Waals surface area contributed by atoms with E-state index < -0.39 is 6.10 Å². The number of esters is 3. The zero-order valence-electron chi connectivity index (χ0n) is 48.7. The van der Waals surface area contributed by atoms with Crippen LogP contribution in [-0.2, 0) is 28.6 Å². The number of carbonyl (C=O) groups is 3. The molecule has 0 saturated heterocycles. The summed E-state index contributed by atoms with van der Waals surface area (Å²) in [5, 5.41) is 0. The second kappa shape index (κ2) is 61.7. The lowest BCUT2D eigenvalue weighted by atomic mass is 10.0. The predicted octanol–water partition coefficient (Wildman–Crippen LogP) is 21.6. The summed E-state index contributed by atoms with van der Waals surface area (Å²) in [5.41, 5.74) is 0. The first-order valence-electron chi connectivity index (χ1n) is 31.8. The highest BCUT2D eigenvalue weighted by Crippen LogP contribution is 2.17. The van der Waals surface area contributed by atoms with Crippen molar-refractivity contribution in [3.8, 4) is 0 Å². The van der Waals surface area contributed by atoms with Gasteiger partial charge in [-0.2, -0.15) is 0 Å². The predicted molar refractivity (Wildman–Crippen MR) is 316 cm³/mol. The number of carbonyl (C=O) groups excluding carboxylic acids is 3. The van der Waals surface area contributed by atoms with Gasteiger partial charge in [0, 0.05) is 19.3 Å². The van der Waals surface area contributed by atoms with Crippen LogP contribution >= 0.6 is 0 Å². The van der Waals surface area contributed by atoms with Gasteiger partial charge >= 0.3 is 17.9 Å². The van der Waals surface area contributed by atoms with Crippen LogP contribution in [0.2, 0.25) is 0 Å². The van der Waals surface area contributed by atoms with Gasteiger partial charge in [0.15, 0.2) is 6.10 Å². The standard InChI is InChI=1S/C67H120O6/c1-4-7-10-13-16-19-21-23-25-27-28-29-30-31-32-33-34-35-36-37-38-39-40-41-43-44-46-48-51-54-57-60-66(69)72-63-64(62-71-65(68)59-56-53-50-18-15-12-9-6-3)73-67(70)61-58-55-52-49-47-45-42-26-24-22-20-17-14-11-8-5-2/h20-23,26-28,30-31,42,64H,4-19,24-25,29,32-41,43-63H2,1-3H3/b22-20-,23-21-,28-27-,31-30-,42-26-. The minimum absolute atomic E-state index is 0.0767. The molecular weight excluding hydrogens is 901 g/mol. The van der Waals surface area contributed by atoms with E-state index in [9.17, 15) is 14.4 Å². The van der Waals surface area contributed by atoms with Crippen molar-refractivity contribution in [3.05, 3.63) is 60.8 Å². The molecule has 0 saturated carbocycles. The maximum atomic E-state index is 12.8. The molecule has 0 aromatic rings. The lowest BCUT2D eigenvalue weighted by Gasteiger charge is -2.18. The summed E-state index contributed by atoms with van der Waals surface area (Å²) in [4.78, 5) is 38.1. The van der Waals surface area contributed by atoms with Gasteiger partial charge in [-0.3, -0.25) is 14.4 Å². The summed E-state index contributed by atoms with van der Waals surface area (Å²) in [5.74, 6) is -0.881. The largest absolute Gasteiger partial charge is 0.462 e. The van der Waals surface area contributed by atoms with E-state index in [1.54, 1.807) is 0 Å². The van der Waals surface area contributed by atoms with Crippen LogP contribution in [-0.4, -0.2) is 37.2 Å². The van der Waals surface area contributed by atoms with Crippen LogP contribution in [0.5, 0.6) is 0 Å². The summed E-state index contributed by atoms with van der Waals surface area (Å²) in [7, 11) is 0. The molecule has 73 heavy (non-hydrogen) atoms. The molecule has 0 aromatic carbocycles. The molecule has 0 aliphatic heterocycles. The van der Waals surface area contributed by atoms with Crippen molar-refractivity contribution >= 4 is 17.9 Å². The number of ether oxygens (including phenoxy) is 3. The first-order chi connectivity index (χ1) is 36.0. The first-order valence-corrected chi connectivity index (χ1v) is 31.8. The van der Waals surface area contributed by atoms with Gasteiger partial charge in [-0.05, 0) is 89.9 Å². The Morgan fingerprint density at radius 2 is 0.493 bits per heavy atom. The van der Waals surface area contributed by atoms with Crippen LogP contribution in [0.3, 0.4) is 0 Å². The molecule has 0 heterocycles. The van der Waals surface area contributed by atoms with Gasteiger partial charge in [0.2, 0.25) is 0 Å². The smallest absolute Gasteiger partial charge is 0.306 e. The number of hydrogen-bond acceptors (Lipinski definition) is 6. The Balaban J connectivity index is 4.08. The van der Waals surface area contributed by atoms with E-state index in [2.05, 4.69) is 81.5 Å². The molecule has 0 amide bonds. The minimum Gasteiger partial charge on any atom is -0.462 e. The van der Waals surface area contributed by atoms with E-state index in [1.807, 2.05) is 0 Å². The van der Waals surface area contributed by atoms with Crippen LogP contribution in [0.1, 0.15) is 329 Å². The fraction of sp³-hybridized carbons (Fsp3) is 0.806. The van der Waals surface area contributed by atoms with Gasteiger partial charge in [0.05, 0.1) is 0 Å². The van der Waals surface area contributed by atoms with Crippen molar-refractivity contribution < 1.29 is 28.6 Å². The van der Waals surface area contributed by atoms with E-state index >= 15 is 0 Å². The van der Waals surface area contributed by atoms with Crippen molar-refractivity contribution in [1.29, 1.82) is 0 Å². The lowest BCUT2D eigenvalue weighted by Crippen LogP contribution is -2.30. The average molecular weight is 1020 g/mol. The van der Waals surface area contributed by atoms with Gasteiger partial charge in [0.25, 0.3) is 0 Å². The fourth-order valence-corrected chi connectivity index (χ4v) is 9.19. The Kier molecular flexibility index (Phi) is 59.2. The Hall–Kier alpha value is -2.89. The third-order valence-corrected chi connectivity index (χ3v) is 14.0. The molecule has 424 valence electrons. The molecule has 0 radical (unpaired) electrons. The van der Waals surface area contributed by atoms with Gasteiger partial charge < -0.3 is 14.2 Å². The fourth-order valence-electron chi connectivity index (χ4n) is 9.19. The Bertz CT molecular complexity index is 1310. The molecule has 0 spiro atoms. The van der Waals surface area contributed by atoms with Crippen LogP contribution in [0.4, 0.5) is 0 Å². The van der Waals surface area contributed by atoms with Crippen LogP contribution < -0.4 is 0 Å². The van der Waals surface area contributed by atoms with E-state index in [0.717, 1.165) is 96.3 Å². The van der Waals surface area contributed by atoms with Crippen molar-refractivity contribution in [3.63, 3.8) is 0 Å². The summed E-state index contributed by atoms with van der Waals surface area (Å²) in [6.45, 7) is 6.60.